The van der Waals surface area contributed by atoms with Crippen molar-refractivity contribution in [2.45, 2.75) is 6.16 Å². The summed E-state index contributed by atoms with van der Waals surface area (Å²) in [4.78, 5) is 0. The van der Waals surface area contributed by atoms with Gasteiger partial charge in [-0.1, -0.05) is 42.5 Å². The molecule has 0 aromatic heterocycles. The van der Waals surface area contributed by atoms with Crippen LogP contribution in [0.5, 0.6) is 11.5 Å². The molecule has 0 aliphatic carbocycles. The maximum Gasteiger partial charge on any atom is 0.282 e. The van der Waals surface area contributed by atoms with Gasteiger partial charge in [-0.05, 0) is 35.9 Å². The number of fused-ring (bicyclic) bond motifs is 3. The van der Waals surface area contributed by atoms with Crippen molar-refractivity contribution in [2.75, 3.05) is 0 Å². The topological polar surface area (TPSA) is 46.5 Å². The maximum absolute atomic E-state index is 13.6. The van der Waals surface area contributed by atoms with E-state index in [0.29, 0.717) is 11.3 Å². The number of benzene rings is 2. The van der Waals surface area contributed by atoms with Crippen molar-refractivity contribution < 1.29 is 14.2 Å². The van der Waals surface area contributed by atoms with Crippen molar-refractivity contribution in [2.24, 2.45) is 0 Å². The molecular weight excluding hydrogens is 307 g/mol. The Morgan fingerprint density at radius 2 is 1.65 bits per heavy atom. The molecule has 1 aliphatic heterocycles. The van der Waals surface area contributed by atoms with Crippen molar-refractivity contribution >= 4 is 12.7 Å². The normalized spacial score (nSPS) is 18.3. The highest BCUT2D eigenvalue weighted by molar-refractivity contribution is 7.67. The van der Waals surface area contributed by atoms with E-state index in [1.807, 2.05) is 48.5 Å². The van der Waals surface area contributed by atoms with E-state index in [9.17, 15) is 9.67 Å². The summed E-state index contributed by atoms with van der Waals surface area (Å²) in [7, 11) is -3.11. The molecule has 23 heavy (non-hydrogen) atoms. The Balaban J connectivity index is 1.83. The first-order valence-corrected chi connectivity index (χ1v) is 9.06. The van der Waals surface area contributed by atoms with E-state index in [1.165, 1.54) is 6.07 Å². The molecule has 0 radical (unpaired) electrons. The van der Waals surface area contributed by atoms with E-state index in [4.69, 9.17) is 4.52 Å². The predicted molar refractivity (Wildman–Crippen MR) is 89.2 cm³/mol. The molecule has 0 saturated carbocycles. The van der Waals surface area contributed by atoms with Gasteiger partial charge in [-0.2, -0.15) is 0 Å². The molecule has 3 aromatic carbocycles. The minimum atomic E-state index is -3.11. The highest BCUT2D eigenvalue weighted by Crippen LogP contribution is 2.56. The summed E-state index contributed by atoms with van der Waals surface area (Å²) in [5.41, 5.74) is 2.59. The molecule has 1 unspecified atom stereocenters. The van der Waals surface area contributed by atoms with E-state index >= 15 is 0 Å². The third kappa shape index (κ3) is 2.38. The third-order valence-corrected chi connectivity index (χ3v) is 6.24. The summed E-state index contributed by atoms with van der Waals surface area (Å²) >= 11 is 0. The Bertz CT molecular complexity index is 916. The summed E-state index contributed by atoms with van der Waals surface area (Å²) in [5, 5.41) is 10.0. The van der Waals surface area contributed by atoms with E-state index in [-0.39, 0.29) is 11.9 Å². The van der Waals surface area contributed by atoms with Crippen LogP contribution < -0.4 is 9.83 Å². The number of para-hydroxylation sites is 1. The molecule has 3 aromatic rings. The molecule has 1 atom stereocenters. The van der Waals surface area contributed by atoms with Crippen LogP contribution in [0.15, 0.2) is 60.7 Å². The molecule has 0 amide bonds. The first-order chi connectivity index (χ1) is 11.2. The Kier molecular flexibility index (Phi) is 3.15. The fourth-order valence-corrected chi connectivity index (χ4v) is 5.13. The van der Waals surface area contributed by atoms with Crippen LogP contribution >= 0.6 is 7.37 Å². The first kappa shape index (κ1) is 13.9. The maximum atomic E-state index is 13.6. The quantitative estimate of drug-likeness (QED) is 0.721. The second-order valence-corrected chi connectivity index (χ2v) is 7.76. The van der Waals surface area contributed by atoms with Gasteiger partial charge in [-0.25, -0.2) is 0 Å². The molecule has 3 nitrogen and oxygen atoms in total. The van der Waals surface area contributed by atoms with Gasteiger partial charge in [0.25, 0.3) is 7.37 Å². The van der Waals surface area contributed by atoms with Gasteiger partial charge in [0.05, 0.1) is 11.5 Å². The fourth-order valence-electron chi connectivity index (χ4n) is 2.82. The van der Waals surface area contributed by atoms with Gasteiger partial charge in [-0.3, -0.25) is 4.57 Å². The lowest BCUT2D eigenvalue weighted by Gasteiger charge is -2.28. The average Bonchev–Trinajstić information content (AvgIpc) is 2.57. The molecular formula is C19H13O3P. The molecule has 1 heterocycles. The predicted octanol–water partition coefficient (Wildman–Crippen LogP) is 4.16. The second kappa shape index (κ2) is 5.19. The van der Waals surface area contributed by atoms with Gasteiger partial charge in [-0.15, -0.1) is 0 Å². The minimum absolute atomic E-state index is 0.0161. The monoisotopic (exact) mass is 320 g/mol. The smallest absolute Gasteiger partial charge is 0.282 e. The van der Waals surface area contributed by atoms with Crippen LogP contribution in [0.4, 0.5) is 0 Å². The zero-order valence-electron chi connectivity index (χ0n) is 12.2. The zero-order valence-corrected chi connectivity index (χ0v) is 13.1. The minimum Gasteiger partial charge on any atom is -0.501 e. The summed E-state index contributed by atoms with van der Waals surface area (Å²) in [6, 6.07) is 23.9. The Hall–Kier alpha value is -2.69. The average molecular weight is 320 g/mol. The number of aromatic hydroxyl groups is 1. The van der Waals surface area contributed by atoms with E-state index in [1.54, 1.807) is 6.07 Å². The fraction of sp³-hybridized carbons (Fsp3) is 0.0526. The van der Waals surface area contributed by atoms with Crippen LogP contribution in [0.25, 0.3) is 11.1 Å². The van der Waals surface area contributed by atoms with E-state index in [2.05, 4.69) is 12.1 Å². The standard InChI is InChI=1S/C19H13O3P/c20-15-11-9-14(10-12-15)13-23(21)19-8-4-2-6-17(19)16-5-1-3-7-18(16)22-23/h1-9,11,20H,13H2. The van der Waals surface area contributed by atoms with Gasteiger partial charge < -0.3 is 9.63 Å². The van der Waals surface area contributed by atoms with Crippen LogP contribution in [0.3, 0.4) is 0 Å². The molecule has 112 valence electrons. The van der Waals surface area contributed by atoms with Crippen molar-refractivity contribution in [3.63, 3.8) is 0 Å². The first-order valence-electron chi connectivity index (χ1n) is 7.25. The number of rotatable bonds is 2. The number of hydrogen-bond acceptors (Lipinski definition) is 3. The zero-order chi connectivity index (χ0) is 15.9. The highest BCUT2D eigenvalue weighted by atomic mass is 31.2. The molecule has 1 N–H and O–H groups in total. The Morgan fingerprint density at radius 3 is 2.43 bits per heavy atom. The third-order valence-electron chi connectivity index (χ3n) is 3.87. The molecule has 0 spiro atoms. The van der Waals surface area contributed by atoms with Crippen molar-refractivity contribution in [3.8, 4) is 22.6 Å². The molecule has 0 fully saturated rings. The summed E-state index contributed by atoms with van der Waals surface area (Å²) in [6.45, 7) is 0. The van der Waals surface area contributed by atoms with Crippen LogP contribution in [0, 0.1) is 12.1 Å². The molecule has 1 aliphatic rings. The lowest BCUT2D eigenvalue weighted by atomic mass is 10.0. The molecule has 4 heteroatoms. The van der Waals surface area contributed by atoms with Crippen molar-refractivity contribution in [1.29, 1.82) is 0 Å². The Morgan fingerprint density at radius 1 is 0.913 bits per heavy atom. The van der Waals surface area contributed by atoms with Gasteiger partial charge in [0, 0.05) is 11.1 Å². The molecule has 0 bridgehead atoms. The van der Waals surface area contributed by atoms with Gasteiger partial charge in [0.1, 0.15) is 5.75 Å². The SMILES string of the molecule is O=P1(Cc2c#cc(O)cc2)Oc2ccccc2-c2ccccc21. The van der Waals surface area contributed by atoms with Gasteiger partial charge in [0.2, 0.25) is 0 Å². The van der Waals surface area contributed by atoms with Crippen LogP contribution in [-0.4, -0.2) is 5.11 Å². The summed E-state index contributed by atoms with van der Waals surface area (Å²) in [6.07, 6.45) is 0.217. The Labute approximate surface area is 134 Å². The van der Waals surface area contributed by atoms with Crippen LogP contribution in [-0.2, 0) is 10.7 Å². The van der Waals surface area contributed by atoms with Crippen molar-refractivity contribution in [3.05, 3.63) is 78.4 Å². The second-order valence-electron chi connectivity index (χ2n) is 5.43. The van der Waals surface area contributed by atoms with Crippen LogP contribution in [0.1, 0.15) is 5.56 Å². The van der Waals surface area contributed by atoms with Crippen molar-refractivity contribution in [1.82, 2.24) is 0 Å². The van der Waals surface area contributed by atoms with Crippen LogP contribution in [0.2, 0.25) is 0 Å². The molecule has 4 rings (SSSR count). The van der Waals surface area contributed by atoms with E-state index < -0.39 is 7.37 Å². The number of hydrogen-bond donors (Lipinski definition) is 1. The largest absolute Gasteiger partial charge is 0.501 e. The summed E-state index contributed by atoms with van der Waals surface area (Å²) in [5.74, 6) is 0.652. The highest BCUT2D eigenvalue weighted by Gasteiger charge is 2.35. The van der Waals surface area contributed by atoms with E-state index in [0.717, 1.165) is 16.4 Å². The van der Waals surface area contributed by atoms with Gasteiger partial charge >= 0.3 is 0 Å². The lowest BCUT2D eigenvalue weighted by molar-refractivity contribution is 0.475. The summed E-state index contributed by atoms with van der Waals surface area (Å²) < 4.78 is 19.5. The van der Waals surface area contributed by atoms with Gasteiger partial charge in [0.15, 0.2) is 5.75 Å². The lowest BCUT2D eigenvalue weighted by Crippen LogP contribution is -2.18. The molecule has 0 saturated heterocycles.